The first kappa shape index (κ1) is 18.4. The van der Waals surface area contributed by atoms with E-state index in [0.717, 1.165) is 31.4 Å². The Balaban J connectivity index is 1.55. The minimum absolute atomic E-state index is 0.0683. The van der Waals surface area contributed by atoms with E-state index in [4.69, 9.17) is 0 Å². The van der Waals surface area contributed by atoms with Gasteiger partial charge in [-0.05, 0) is 31.0 Å². The molecule has 146 valence electrons. The molecule has 28 heavy (non-hydrogen) atoms. The Kier molecular flexibility index (Phi) is 5.50. The van der Waals surface area contributed by atoms with E-state index in [2.05, 4.69) is 20.6 Å². The van der Waals surface area contributed by atoms with Crippen LogP contribution >= 0.6 is 0 Å². The normalized spacial score (nSPS) is 17.4. The largest absolute Gasteiger partial charge is 0.359 e. The number of nitrogens with one attached hydrogen (secondary N) is 2. The van der Waals surface area contributed by atoms with E-state index >= 15 is 0 Å². The number of rotatable bonds is 4. The summed E-state index contributed by atoms with van der Waals surface area (Å²) in [6.45, 7) is 0.532. The molecule has 0 spiro atoms. The highest BCUT2D eigenvalue weighted by Gasteiger charge is 2.27. The molecule has 0 aromatic carbocycles. The number of hydrogen-bond donors (Lipinski definition) is 2. The van der Waals surface area contributed by atoms with Gasteiger partial charge in [0.05, 0.1) is 30.0 Å². The predicted octanol–water partition coefficient (Wildman–Crippen LogP) is 2.89. The van der Waals surface area contributed by atoms with Gasteiger partial charge in [0, 0.05) is 18.4 Å². The Morgan fingerprint density at radius 2 is 2.00 bits per heavy atom. The van der Waals surface area contributed by atoms with E-state index in [1.165, 1.54) is 12.8 Å². The minimum Gasteiger partial charge on any atom is -0.359 e. The van der Waals surface area contributed by atoms with Crippen molar-refractivity contribution in [1.82, 2.24) is 15.3 Å². The van der Waals surface area contributed by atoms with Crippen LogP contribution in [0.2, 0.25) is 0 Å². The van der Waals surface area contributed by atoms with Crippen LogP contribution < -0.4 is 15.5 Å². The molecule has 0 radical (unpaired) electrons. The van der Waals surface area contributed by atoms with Crippen molar-refractivity contribution >= 4 is 23.3 Å². The maximum absolute atomic E-state index is 12.8. The monoisotopic (exact) mass is 379 g/mol. The van der Waals surface area contributed by atoms with Gasteiger partial charge < -0.3 is 15.5 Å². The highest BCUT2D eigenvalue weighted by Crippen LogP contribution is 2.29. The number of amides is 2. The first-order chi connectivity index (χ1) is 13.7. The molecular formula is C21H25N5O2. The molecule has 0 bridgehead atoms. The topological polar surface area (TPSA) is 87.2 Å². The average Bonchev–Trinajstić information content (AvgIpc) is 2.99. The van der Waals surface area contributed by atoms with Crippen LogP contribution in [0.1, 0.15) is 54.6 Å². The maximum Gasteiger partial charge on any atom is 0.253 e. The van der Waals surface area contributed by atoms with Gasteiger partial charge in [-0.1, -0.05) is 31.7 Å². The van der Waals surface area contributed by atoms with Crippen molar-refractivity contribution in [2.24, 2.45) is 0 Å². The predicted molar refractivity (Wildman–Crippen MR) is 107 cm³/mol. The van der Waals surface area contributed by atoms with Crippen LogP contribution in [0.5, 0.6) is 0 Å². The molecule has 1 aliphatic heterocycles. The first-order valence-corrected chi connectivity index (χ1v) is 9.96. The fourth-order valence-corrected chi connectivity index (χ4v) is 3.83. The molecule has 0 unspecified atom stereocenters. The minimum atomic E-state index is -0.127. The van der Waals surface area contributed by atoms with Crippen molar-refractivity contribution < 1.29 is 9.59 Å². The molecule has 1 saturated carbocycles. The van der Waals surface area contributed by atoms with Crippen molar-refractivity contribution in [3.05, 3.63) is 47.9 Å². The number of nitrogens with zero attached hydrogens (tertiary/aromatic N) is 3. The Morgan fingerprint density at radius 1 is 1.18 bits per heavy atom. The van der Waals surface area contributed by atoms with E-state index < -0.39 is 0 Å². The maximum atomic E-state index is 12.8. The second-order valence-electron chi connectivity index (χ2n) is 7.41. The van der Waals surface area contributed by atoms with Crippen LogP contribution in [0.25, 0.3) is 0 Å². The van der Waals surface area contributed by atoms with Gasteiger partial charge in [-0.3, -0.25) is 14.6 Å². The fraction of sp³-hybridized carbons (Fsp3) is 0.429. The van der Waals surface area contributed by atoms with Gasteiger partial charge in [-0.25, -0.2) is 4.98 Å². The molecule has 2 amide bonds. The molecule has 1 fully saturated rings. The molecule has 2 aromatic rings. The number of anilines is 2. The van der Waals surface area contributed by atoms with Crippen molar-refractivity contribution in [3.63, 3.8) is 0 Å². The third-order valence-electron chi connectivity index (χ3n) is 5.37. The lowest BCUT2D eigenvalue weighted by molar-refractivity contribution is -0.117. The Labute approximate surface area is 164 Å². The standard InChI is InChI=1S/C21H25N5O2/c27-19-13-24-20-18(26(19)14-17-9-5-6-10-22-17)11-15(12-23-20)21(28)25-16-7-3-1-2-4-8-16/h5-6,9-12,16H,1-4,7-8,13-14H2,(H,23,24)(H,25,28). The van der Waals surface area contributed by atoms with Gasteiger partial charge in [0.1, 0.15) is 0 Å². The van der Waals surface area contributed by atoms with Crippen LogP contribution in [0.3, 0.4) is 0 Å². The van der Waals surface area contributed by atoms with E-state index in [0.29, 0.717) is 23.6 Å². The molecule has 2 aromatic heterocycles. The summed E-state index contributed by atoms with van der Waals surface area (Å²) in [6, 6.07) is 7.58. The summed E-state index contributed by atoms with van der Waals surface area (Å²) in [7, 11) is 0. The van der Waals surface area contributed by atoms with Crippen molar-refractivity contribution in [3.8, 4) is 0 Å². The van der Waals surface area contributed by atoms with Gasteiger partial charge in [-0.2, -0.15) is 0 Å². The number of hydrogen-bond acceptors (Lipinski definition) is 5. The molecule has 4 rings (SSSR count). The molecule has 7 heteroatoms. The second-order valence-corrected chi connectivity index (χ2v) is 7.41. The Hall–Kier alpha value is -2.96. The molecule has 3 heterocycles. The van der Waals surface area contributed by atoms with Crippen molar-refractivity contribution in [1.29, 1.82) is 0 Å². The lowest BCUT2D eigenvalue weighted by Gasteiger charge is -2.29. The van der Waals surface area contributed by atoms with E-state index in [-0.39, 0.29) is 24.4 Å². The fourth-order valence-electron chi connectivity index (χ4n) is 3.83. The third kappa shape index (κ3) is 4.13. The summed E-state index contributed by atoms with van der Waals surface area (Å²) < 4.78 is 0. The number of carbonyl (C=O) groups is 2. The summed E-state index contributed by atoms with van der Waals surface area (Å²) in [6.07, 6.45) is 10.1. The van der Waals surface area contributed by atoms with Gasteiger partial charge in [0.15, 0.2) is 5.82 Å². The molecule has 1 aliphatic carbocycles. The summed E-state index contributed by atoms with van der Waals surface area (Å²) in [5.41, 5.74) is 1.89. The van der Waals surface area contributed by atoms with Crippen LogP contribution in [-0.2, 0) is 11.3 Å². The number of pyridine rings is 2. The van der Waals surface area contributed by atoms with E-state index in [1.54, 1.807) is 23.4 Å². The van der Waals surface area contributed by atoms with E-state index in [1.807, 2.05) is 18.2 Å². The van der Waals surface area contributed by atoms with Gasteiger partial charge >= 0.3 is 0 Å². The smallest absolute Gasteiger partial charge is 0.253 e. The quantitative estimate of drug-likeness (QED) is 0.798. The van der Waals surface area contributed by atoms with Crippen LogP contribution in [0.15, 0.2) is 36.7 Å². The van der Waals surface area contributed by atoms with Gasteiger partial charge in [0.25, 0.3) is 5.91 Å². The zero-order valence-corrected chi connectivity index (χ0v) is 15.9. The average molecular weight is 379 g/mol. The van der Waals surface area contributed by atoms with Crippen molar-refractivity contribution in [2.75, 3.05) is 16.8 Å². The van der Waals surface area contributed by atoms with Crippen LogP contribution in [0, 0.1) is 0 Å². The van der Waals surface area contributed by atoms with Crippen LogP contribution in [0.4, 0.5) is 11.5 Å². The van der Waals surface area contributed by atoms with Gasteiger partial charge in [-0.15, -0.1) is 0 Å². The molecule has 0 saturated heterocycles. The highest BCUT2D eigenvalue weighted by atomic mass is 16.2. The summed E-state index contributed by atoms with van der Waals surface area (Å²) in [5, 5.41) is 6.17. The number of carbonyl (C=O) groups excluding carboxylic acids is 2. The third-order valence-corrected chi connectivity index (χ3v) is 5.37. The lowest BCUT2D eigenvalue weighted by atomic mass is 10.1. The lowest BCUT2D eigenvalue weighted by Crippen LogP contribution is -2.40. The molecule has 2 N–H and O–H groups in total. The van der Waals surface area contributed by atoms with Gasteiger partial charge in [0.2, 0.25) is 5.91 Å². The first-order valence-electron chi connectivity index (χ1n) is 9.96. The summed E-state index contributed by atoms with van der Waals surface area (Å²) in [4.78, 5) is 35.6. The SMILES string of the molecule is O=C(NC1CCCCCC1)c1cnc2c(c1)N(Cc1ccccn1)C(=O)CN2. The van der Waals surface area contributed by atoms with Crippen LogP contribution in [-0.4, -0.2) is 34.4 Å². The second kappa shape index (κ2) is 8.37. The zero-order valence-electron chi connectivity index (χ0n) is 15.9. The zero-order chi connectivity index (χ0) is 19.3. The number of aromatic nitrogens is 2. The summed E-state index contributed by atoms with van der Waals surface area (Å²) >= 11 is 0. The Bertz CT molecular complexity index is 847. The van der Waals surface area contributed by atoms with E-state index in [9.17, 15) is 9.59 Å². The Morgan fingerprint density at radius 3 is 2.75 bits per heavy atom. The molecule has 2 aliphatic rings. The number of fused-ring (bicyclic) bond motifs is 1. The highest BCUT2D eigenvalue weighted by molar-refractivity contribution is 6.04. The molecule has 0 atom stereocenters. The molecule has 7 nitrogen and oxygen atoms in total. The van der Waals surface area contributed by atoms with Crippen molar-refractivity contribution in [2.45, 2.75) is 51.1 Å². The summed E-state index contributed by atoms with van der Waals surface area (Å²) in [5.74, 6) is 0.417. The molecular weight excluding hydrogens is 354 g/mol.